The smallest absolute Gasteiger partial charge is 0.226 e. The van der Waals surface area contributed by atoms with Gasteiger partial charge in [-0.15, -0.1) is 0 Å². The summed E-state index contributed by atoms with van der Waals surface area (Å²) in [5.41, 5.74) is 1.75. The molecular formula is C20H18O2. The van der Waals surface area contributed by atoms with E-state index in [0.717, 1.165) is 21.5 Å². The Bertz CT molecular complexity index is 899. The monoisotopic (exact) mass is 290 g/mol. The van der Waals surface area contributed by atoms with Gasteiger partial charge in [-0.3, -0.25) is 9.59 Å². The minimum Gasteiger partial charge on any atom is -0.294 e. The van der Waals surface area contributed by atoms with Gasteiger partial charge in [0.25, 0.3) is 0 Å². The van der Waals surface area contributed by atoms with Crippen LogP contribution in [0.25, 0.3) is 21.5 Å². The Hall–Kier alpha value is -2.48. The fraction of sp³-hybridized carbons (Fsp3) is 0.200. The normalized spacial score (nSPS) is 11.8. The summed E-state index contributed by atoms with van der Waals surface area (Å²) in [6.45, 7) is 6.48. The van der Waals surface area contributed by atoms with Crippen molar-refractivity contribution in [3.63, 3.8) is 0 Å². The van der Waals surface area contributed by atoms with Crippen molar-refractivity contribution in [2.24, 2.45) is 0 Å². The first-order valence-corrected chi connectivity index (χ1v) is 7.37. The zero-order valence-electron chi connectivity index (χ0n) is 13.0. The molecule has 0 aromatic heterocycles. The highest BCUT2D eigenvalue weighted by atomic mass is 16.2. The SMILES string of the molecule is CC(C)(C)c1ccc2c(C(=O)C=O)c3ccccc3cc2c1. The summed E-state index contributed by atoms with van der Waals surface area (Å²) in [6.07, 6.45) is 0.402. The van der Waals surface area contributed by atoms with E-state index in [1.54, 1.807) is 0 Å². The minimum atomic E-state index is -0.467. The number of benzene rings is 3. The van der Waals surface area contributed by atoms with Gasteiger partial charge in [0.1, 0.15) is 0 Å². The van der Waals surface area contributed by atoms with Gasteiger partial charge < -0.3 is 0 Å². The molecule has 0 radical (unpaired) electrons. The molecule has 0 unspecified atom stereocenters. The van der Waals surface area contributed by atoms with Crippen LogP contribution in [0.15, 0.2) is 48.5 Å². The average Bonchev–Trinajstić information content (AvgIpc) is 2.50. The predicted molar refractivity (Wildman–Crippen MR) is 90.5 cm³/mol. The molecule has 0 fully saturated rings. The van der Waals surface area contributed by atoms with E-state index < -0.39 is 5.78 Å². The fourth-order valence-corrected chi connectivity index (χ4v) is 2.86. The van der Waals surface area contributed by atoms with Crippen LogP contribution < -0.4 is 0 Å². The van der Waals surface area contributed by atoms with Crippen LogP contribution in [0.3, 0.4) is 0 Å². The maximum absolute atomic E-state index is 12.2. The molecule has 0 aliphatic heterocycles. The number of hydrogen-bond donors (Lipinski definition) is 0. The quantitative estimate of drug-likeness (QED) is 0.297. The molecule has 3 aromatic rings. The molecule has 0 aliphatic rings. The Morgan fingerprint density at radius 2 is 1.59 bits per heavy atom. The van der Waals surface area contributed by atoms with E-state index in [9.17, 15) is 9.59 Å². The van der Waals surface area contributed by atoms with Crippen molar-refractivity contribution in [3.05, 3.63) is 59.7 Å². The number of ketones is 1. The van der Waals surface area contributed by atoms with Gasteiger partial charge in [-0.1, -0.05) is 63.2 Å². The third-order valence-corrected chi connectivity index (χ3v) is 4.08. The highest BCUT2D eigenvalue weighted by Crippen LogP contribution is 2.32. The number of hydrogen-bond acceptors (Lipinski definition) is 2. The lowest BCUT2D eigenvalue weighted by Crippen LogP contribution is -2.11. The zero-order valence-corrected chi connectivity index (χ0v) is 13.0. The van der Waals surface area contributed by atoms with E-state index >= 15 is 0 Å². The second-order valence-electron chi connectivity index (χ2n) is 6.64. The van der Waals surface area contributed by atoms with Crippen molar-refractivity contribution in [3.8, 4) is 0 Å². The van der Waals surface area contributed by atoms with Crippen molar-refractivity contribution in [2.45, 2.75) is 26.2 Å². The first-order valence-electron chi connectivity index (χ1n) is 7.37. The van der Waals surface area contributed by atoms with Crippen LogP contribution in [0.5, 0.6) is 0 Å². The maximum atomic E-state index is 12.2. The van der Waals surface area contributed by atoms with Crippen molar-refractivity contribution in [1.29, 1.82) is 0 Å². The molecule has 0 bridgehead atoms. The molecule has 0 saturated carbocycles. The molecular weight excluding hydrogens is 272 g/mol. The van der Waals surface area contributed by atoms with Crippen LogP contribution in [0.1, 0.15) is 36.7 Å². The van der Waals surface area contributed by atoms with E-state index in [2.05, 4.69) is 32.9 Å². The highest BCUT2D eigenvalue weighted by Gasteiger charge is 2.17. The number of carbonyl (C=O) groups is 2. The lowest BCUT2D eigenvalue weighted by atomic mass is 9.84. The Kier molecular flexibility index (Phi) is 3.32. The van der Waals surface area contributed by atoms with Gasteiger partial charge in [-0.05, 0) is 38.6 Å². The van der Waals surface area contributed by atoms with Crippen molar-refractivity contribution in [2.75, 3.05) is 0 Å². The van der Waals surface area contributed by atoms with Gasteiger partial charge in [0.15, 0.2) is 6.29 Å². The molecule has 110 valence electrons. The van der Waals surface area contributed by atoms with E-state index in [1.165, 1.54) is 5.56 Å². The molecule has 0 heterocycles. The number of Topliss-reactive ketones (excluding diaryl/α,β-unsaturated/α-hetero) is 1. The highest BCUT2D eigenvalue weighted by molar-refractivity contribution is 6.40. The standard InChI is InChI=1S/C20H18O2/c1-20(2,3)15-8-9-17-14(11-15)10-13-6-4-5-7-16(13)19(17)18(22)12-21/h4-12H,1-3H3. The molecule has 2 heteroatoms. The second kappa shape index (κ2) is 5.06. The Labute approximate surface area is 129 Å². The number of fused-ring (bicyclic) bond motifs is 2. The van der Waals surface area contributed by atoms with Crippen LogP contribution in [-0.4, -0.2) is 12.1 Å². The predicted octanol–water partition coefficient (Wildman–Crippen LogP) is 4.67. The minimum absolute atomic E-state index is 0.0364. The lowest BCUT2D eigenvalue weighted by molar-refractivity contribution is -0.104. The topological polar surface area (TPSA) is 34.1 Å². The second-order valence-corrected chi connectivity index (χ2v) is 6.64. The van der Waals surface area contributed by atoms with Crippen LogP contribution >= 0.6 is 0 Å². The van der Waals surface area contributed by atoms with Gasteiger partial charge in [-0.25, -0.2) is 0 Å². The fourth-order valence-electron chi connectivity index (χ4n) is 2.86. The first-order chi connectivity index (χ1) is 10.4. The van der Waals surface area contributed by atoms with Crippen molar-refractivity contribution >= 4 is 33.6 Å². The number of aldehydes is 1. The van der Waals surface area contributed by atoms with Gasteiger partial charge in [-0.2, -0.15) is 0 Å². The average molecular weight is 290 g/mol. The molecule has 0 spiro atoms. The first kappa shape index (κ1) is 14.5. The maximum Gasteiger partial charge on any atom is 0.226 e. The van der Waals surface area contributed by atoms with Crippen LogP contribution in [0.4, 0.5) is 0 Å². The summed E-state index contributed by atoms with van der Waals surface area (Å²) in [7, 11) is 0. The Balaban J connectivity index is 2.45. The molecule has 0 atom stereocenters. The molecule has 3 aromatic carbocycles. The summed E-state index contributed by atoms with van der Waals surface area (Å²) in [6, 6.07) is 15.9. The molecule has 0 aliphatic carbocycles. The molecule has 0 saturated heterocycles. The molecule has 3 rings (SSSR count). The largest absolute Gasteiger partial charge is 0.294 e. The van der Waals surface area contributed by atoms with E-state index in [-0.39, 0.29) is 5.41 Å². The molecule has 2 nitrogen and oxygen atoms in total. The Morgan fingerprint density at radius 1 is 0.909 bits per heavy atom. The number of carbonyl (C=O) groups excluding carboxylic acids is 2. The summed E-state index contributed by atoms with van der Waals surface area (Å²) < 4.78 is 0. The summed E-state index contributed by atoms with van der Waals surface area (Å²) in [4.78, 5) is 23.2. The van der Waals surface area contributed by atoms with Crippen molar-refractivity contribution < 1.29 is 9.59 Å². The van der Waals surface area contributed by atoms with Crippen LogP contribution in [0.2, 0.25) is 0 Å². The summed E-state index contributed by atoms with van der Waals surface area (Å²) >= 11 is 0. The lowest BCUT2D eigenvalue weighted by Gasteiger charge is -2.20. The third kappa shape index (κ3) is 2.31. The van der Waals surface area contributed by atoms with E-state index in [1.807, 2.05) is 36.4 Å². The molecule has 22 heavy (non-hydrogen) atoms. The van der Waals surface area contributed by atoms with Crippen LogP contribution in [0, 0.1) is 0 Å². The van der Waals surface area contributed by atoms with Gasteiger partial charge in [0.05, 0.1) is 0 Å². The zero-order chi connectivity index (χ0) is 15.9. The van der Waals surface area contributed by atoms with E-state index in [4.69, 9.17) is 0 Å². The van der Waals surface area contributed by atoms with Crippen LogP contribution in [-0.2, 0) is 10.2 Å². The molecule has 0 amide bonds. The molecule has 0 N–H and O–H groups in total. The Morgan fingerprint density at radius 3 is 2.27 bits per heavy atom. The van der Waals surface area contributed by atoms with Crippen molar-refractivity contribution in [1.82, 2.24) is 0 Å². The van der Waals surface area contributed by atoms with Gasteiger partial charge in [0.2, 0.25) is 5.78 Å². The summed E-state index contributed by atoms with van der Waals surface area (Å²) in [5, 5.41) is 3.64. The van der Waals surface area contributed by atoms with Gasteiger partial charge >= 0.3 is 0 Å². The summed E-state index contributed by atoms with van der Waals surface area (Å²) in [5.74, 6) is -0.467. The van der Waals surface area contributed by atoms with E-state index in [0.29, 0.717) is 11.8 Å². The van der Waals surface area contributed by atoms with Gasteiger partial charge in [0, 0.05) is 5.56 Å². The number of rotatable bonds is 2. The third-order valence-electron chi connectivity index (χ3n) is 4.08.